The lowest BCUT2D eigenvalue weighted by atomic mass is 9.98. The standard InChI is InChI=1S/C25H31N5O2S2/c1-3-19-18-12-16-33-22(18)11-15-29(19)23(31)17-34-25-27-26-24(28-13-7-4-8-14-28)30(25)20-9-5-6-10-21(20)32-2/h5-6,9-10,12,16,19H,3-4,7-8,11,13-15,17H2,1-2H3. The van der Waals surface area contributed by atoms with Crippen molar-refractivity contribution in [1.29, 1.82) is 0 Å². The molecule has 4 heterocycles. The molecule has 1 atom stereocenters. The summed E-state index contributed by atoms with van der Waals surface area (Å²) in [5, 5.41) is 12.0. The second-order valence-electron chi connectivity index (χ2n) is 8.69. The second kappa shape index (κ2) is 10.4. The van der Waals surface area contributed by atoms with Gasteiger partial charge in [-0.25, -0.2) is 0 Å². The number of thiophene rings is 1. The van der Waals surface area contributed by atoms with Gasteiger partial charge in [0.2, 0.25) is 11.9 Å². The molecule has 7 nitrogen and oxygen atoms in total. The molecule has 9 heteroatoms. The van der Waals surface area contributed by atoms with E-state index in [0.717, 1.165) is 67.9 Å². The number of hydrogen-bond acceptors (Lipinski definition) is 7. The van der Waals surface area contributed by atoms with E-state index in [1.165, 1.54) is 28.6 Å². The number of aromatic nitrogens is 3. The zero-order chi connectivity index (χ0) is 23.5. The number of ether oxygens (including phenoxy) is 1. The summed E-state index contributed by atoms with van der Waals surface area (Å²) in [6, 6.07) is 10.3. The van der Waals surface area contributed by atoms with Gasteiger partial charge in [-0.1, -0.05) is 30.8 Å². The highest BCUT2D eigenvalue weighted by Crippen LogP contribution is 2.37. The lowest BCUT2D eigenvalue weighted by Crippen LogP contribution is -2.40. The number of piperidine rings is 1. The van der Waals surface area contributed by atoms with Gasteiger partial charge in [-0.15, -0.1) is 21.5 Å². The van der Waals surface area contributed by atoms with Crippen molar-refractivity contribution in [2.45, 2.75) is 50.2 Å². The SMILES string of the molecule is CCC1c2ccsc2CCN1C(=O)CSc1nnc(N2CCCCC2)n1-c1ccccc1OC. The Hall–Kier alpha value is -2.52. The van der Waals surface area contributed by atoms with Crippen LogP contribution in [0.25, 0.3) is 5.69 Å². The lowest BCUT2D eigenvalue weighted by Gasteiger charge is -2.35. The molecule has 2 aromatic heterocycles. The normalized spacial score (nSPS) is 18.1. The topological polar surface area (TPSA) is 63.5 Å². The predicted octanol–water partition coefficient (Wildman–Crippen LogP) is 4.96. The molecule has 5 rings (SSSR count). The number of methoxy groups -OCH3 is 1. The average Bonchev–Trinajstić information content (AvgIpc) is 3.54. The van der Waals surface area contributed by atoms with Crippen molar-refractivity contribution in [1.82, 2.24) is 19.7 Å². The number of hydrogen-bond donors (Lipinski definition) is 0. The molecule has 0 aliphatic carbocycles. The monoisotopic (exact) mass is 497 g/mol. The maximum absolute atomic E-state index is 13.4. The number of nitrogens with zero attached hydrogens (tertiary/aromatic N) is 5. The Balaban J connectivity index is 1.40. The van der Waals surface area contributed by atoms with Gasteiger partial charge in [-0.05, 0) is 61.2 Å². The van der Waals surface area contributed by atoms with Crippen LogP contribution in [0.2, 0.25) is 0 Å². The Kier molecular flexibility index (Phi) is 7.10. The summed E-state index contributed by atoms with van der Waals surface area (Å²) in [5.74, 6) is 2.08. The average molecular weight is 498 g/mol. The number of carbonyl (C=O) groups excluding carboxylic acids is 1. The van der Waals surface area contributed by atoms with Crippen molar-refractivity contribution in [3.8, 4) is 11.4 Å². The van der Waals surface area contributed by atoms with E-state index in [1.54, 1.807) is 18.4 Å². The van der Waals surface area contributed by atoms with Crippen LogP contribution >= 0.6 is 23.1 Å². The first-order chi connectivity index (χ1) is 16.7. The van der Waals surface area contributed by atoms with Gasteiger partial charge in [-0.2, -0.15) is 0 Å². The largest absolute Gasteiger partial charge is 0.495 e. The quantitative estimate of drug-likeness (QED) is 0.430. The molecular weight excluding hydrogens is 466 g/mol. The number of fused-ring (bicyclic) bond motifs is 1. The molecule has 180 valence electrons. The molecule has 0 spiro atoms. The summed E-state index contributed by atoms with van der Waals surface area (Å²) < 4.78 is 7.73. The Morgan fingerprint density at radius 1 is 1.15 bits per heavy atom. The number of benzene rings is 1. The van der Waals surface area contributed by atoms with E-state index >= 15 is 0 Å². The molecule has 1 fully saturated rings. The van der Waals surface area contributed by atoms with Crippen LogP contribution in [-0.4, -0.2) is 58.1 Å². The molecule has 1 amide bonds. The smallest absolute Gasteiger partial charge is 0.233 e. The van der Waals surface area contributed by atoms with Gasteiger partial charge >= 0.3 is 0 Å². The van der Waals surface area contributed by atoms with E-state index in [2.05, 4.69) is 42.9 Å². The summed E-state index contributed by atoms with van der Waals surface area (Å²) in [4.78, 5) is 19.1. The van der Waals surface area contributed by atoms with E-state index in [4.69, 9.17) is 4.74 Å². The fourth-order valence-corrected chi connectivity index (χ4v) is 6.78. The highest BCUT2D eigenvalue weighted by Gasteiger charge is 2.31. The zero-order valence-corrected chi connectivity index (χ0v) is 21.4. The van der Waals surface area contributed by atoms with Gasteiger partial charge in [0.05, 0.1) is 24.6 Å². The first kappa shape index (κ1) is 23.2. The molecule has 3 aromatic rings. The zero-order valence-electron chi connectivity index (χ0n) is 19.8. The van der Waals surface area contributed by atoms with E-state index in [-0.39, 0.29) is 11.9 Å². The molecule has 0 saturated carbocycles. The highest BCUT2D eigenvalue weighted by molar-refractivity contribution is 7.99. The van der Waals surface area contributed by atoms with Crippen LogP contribution in [0.5, 0.6) is 5.75 Å². The van der Waals surface area contributed by atoms with Crippen LogP contribution < -0.4 is 9.64 Å². The minimum absolute atomic E-state index is 0.155. The minimum Gasteiger partial charge on any atom is -0.495 e. The van der Waals surface area contributed by atoms with Gasteiger partial charge in [0.1, 0.15) is 5.75 Å². The number of para-hydroxylation sites is 2. The second-order valence-corrected chi connectivity index (χ2v) is 10.6. The molecule has 1 unspecified atom stereocenters. The Morgan fingerprint density at radius 2 is 1.97 bits per heavy atom. The molecular formula is C25H31N5O2S2. The lowest BCUT2D eigenvalue weighted by molar-refractivity contribution is -0.131. The number of rotatable bonds is 7. The first-order valence-corrected chi connectivity index (χ1v) is 13.9. The molecule has 2 aliphatic rings. The van der Waals surface area contributed by atoms with Crippen molar-refractivity contribution in [2.75, 3.05) is 37.4 Å². The summed E-state index contributed by atoms with van der Waals surface area (Å²) >= 11 is 3.27. The third-order valence-corrected chi connectivity index (χ3v) is 8.62. The summed E-state index contributed by atoms with van der Waals surface area (Å²) in [7, 11) is 1.68. The molecule has 0 N–H and O–H groups in total. The predicted molar refractivity (Wildman–Crippen MR) is 137 cm³/mol. The number of carbonyl (C=O) groups is 1. The van der Waals surface area contributed by atoms with Gasteiger partial charge in [0.25, 0.3) is 0 Å². The van der Waals surface area contributed by atoms with Crippen LogP contribution in [0.15, 0.2) is 40.9 Å². The van der Waals surface area contributed by atoms with Crippen LogP contribution in [0, 0.1) is 0 Å². The molecule has 2 aliphatic heterocycles. The molecule has 0 bridgehead atoms. The maximum atomic E-state index is 13.4. The third-order valence-electron chi connectivity index (χ3n) is 6.71. The van der Waals surface area contributed by atoms with Crippen LogP contribution in [0.1, 0.15) is 49.1 Å². The van der Waals surface area contributed by atoms with E-state index in [1.807, 2.05) is 24.3 Å². The minimum atomic E-state index is 0.155. The first-order valence-electron chi connectivity index (χ1n) is 12.0. The number of amides is 1. The summed E-state index contributed by atoms with van der Waals surface area (Å²) in [5.41, 5.74) is 2.22. The maximum Gasteiger partial charge on any atom is 0.233 e. The Bertz CT molecular complexity index is 1140. The van der Waals surface area contributed by atoms with Crippen molar-refractivity contribution in [3.05, 3.63) is 46.2 Å². The highest BCUT2D eigenvalue weighted by atomic mass is 32.2. The summed E-state index contributed by atoms with van der Waals surface area (Å²) in [6.45, 7) is 4.87. The van der Waals surface area contributed by atoms with Crippen LogP contribution in [-0.2, 0) is 11.2 Å². The number of anilines is 1. The fourth-order valence-electron chi connectivity index (χ4n) is 5.02. The van der Waals surface area contributed by atoms with Gasteiger partial charge in [0, 0.05) is 24.5 Å². The third kappa shape index (κ3) is 4.43. The van der Waals surface area contributed by atoms with Gasteiger partial charge < -0.3 is 14.5 Å². The fraction of sp³-hybridized carbons (Fsp3) is 0.480. The molecule has 1 aromatic carbocycles. The van der Waals surface area contributed by atoms with Gasteiger partial charge in [-0.3, -0.25) is 9.36 Å². The van der Waals surface area contributed by atoms with Crippen molar-refractivity contribution < 1.29 is 9.53 Å². The van der Waals surface area contributed by atoms with Crippen LogP contribution in [0.3, 0.4) is 0 Å². The van der Waals surface area contributed by atoms with Crippen LogP contribution in [0.4, 0.5) is 5.95 Å². The Labute approximate surface area is 209 Å². The van der Waals surface area contributed by atoms with E-state index in [0.29, 0.717) is 5.75 Å². The summed E-state index contributed by atoms with van der Waals surface area (Å²) in [6.07, 6.45) is 5.41. The van der Waals surface area contributed by atoms with Crippen molar-refractivity contribution in [2.24, 2.45) is 0 Å². The Morgan fingerprint density at radius 3 is 2.76 bits per heavy atom. The van der Waals surface area contributed by atoms with E-state index in [9.17, 15) is 4.79 Å². The van der Waals surface area contributed by atoms with Crippen molar-refractivity contribution in [3.63, 3.8) is 0 Å². The molecule has 0 radical (unpaired) electrons. The molecule has 34 heavy (non-hydrogen) atoms. The van der Waals surface area contributed by atoms with E-state index < -0.39 is 0 Å². The van der Waals surface area contributed by atoms with Gasteiger partial charge in [0.15, 0.2) is 5.16 Å². The van der Waals surface area contributed by atoms with Crippen molar-refractivity contribution >= 4 is 35.0 Å². The number of thioether (sulfide) groups is 1. The molecule has 1 saturated heterocycles.